The van der Waals surface area contributed by atoms with E-state index in [1.165, 1.54) is 0 Å². The number of rotatable bonds is 9. The quantitative estimate of drug-likeness (QED) is 0.179. The van der Waals surface area contributed by atoms with Crippen molar-refractivity contribution in [2.45, 2.75) is 46.1 Å². The van der Waals surface area contributed by atoms with E-state index in [-0.39, 0.29) is 16.9 Å². The number of thiocarbonyl (C=S) groups is 2. The Balaban J connectivity index is 1.10. The van der Waals surface area contributed by atoms with Crippen LogP contribution in [0.2, 0.25) is 0 Å². The van der Waals surface area contributed by atoms with Crippen LogP contribution in [0.25, 0.3) is 0 Å². The SMILES string of the molecule is CC1(C)CC(NC(=S)Oc2ccc(Oc3ccccc3)cc2)CC(C)(CNC(=S)Oc2ccc(Oc3ccccc3)cc2)C1. The number of hydrogen-bond donors (Lipinski definition) is 2. The summed E-state index contributed by atoms with van der Waals surface area (Å²) in [4.78, 5) is 0. The van der Waals surface area contributed by atoms with Gasteiger partial charge in [0.2, 0.25) is 0 Å². The number of benzene rings is 4. The summed E-state index contributed by atoms with van der Waals surface area (Å²) in [5, 5.41) is 7.50. The van der Waals surface area contributed by atoms with E-state index in [9.17, 15) is 0 Å². The van der Waals surface area contributed by atoms with Crippen LogP contribution in [0.5, 0.6) is 34.5 Å². The fourth-order valence-electron chi connectivity index (χ4n) is 6.00. The average Bonchev–Trinajstić information content (AvgIpc) is 2.98. The van der Waals surface area contributed by atoms with Gasteiger partial charge in [0.15, 0.2) is 0 Å². The summed E-state index contributed by atoms with van der Waals surface area (Å²) in [5.41, 5.74) is 0.0711. The molecule has 1 fully saturated rings. The molecule has 1 saturated carbocycles. The Bertz CT molecular complexity index is 1530. The number of ether oxygens (including phenoxy) is 4. The minimum absolute atomic E-state index is 0.0355. The summed E-state index contributed by atoms with van der Waals surface area (Å²) < 4.78 is 23.6. The molecule has 1 aliphatic rings. The van der Waals surface area contributed by atoms with Crippen molar-refractivity contribution in [2.75, 3.05) is 6.54 Å². The second kappa shape index (κ2) is 14.1. The van der Waals surface area contributed by atoms with Gasteiger partial charge in [-0.1, -0.05) is 57.2 Å². The predicted molar refractivity (Wildman–Crippen MR) is 183 cm³/mol. The fourth-order valence-corrected chi connectivity index (χ4v) is 6.43. The molecule has 8 heteroatoms. The molecule has 0 spiro atoms. The summed E-state index contributed by atoms with van der Waals surface area (Å²) in [7, 11) is 0. The van der Waals surface area contributed by atoms with Gasteiger partial charge < -0.3 is 29.6 Å². The first-order valence-electron chi connectivity index (χ1n) is 14.7. The molecule has 228 valence electrons. The zero-order valence-electron chi connectivity index (χ0n) is 25.2. The standard InChI is InChI=1S/C36H38N2O4S2/c1-35(2)22-26(38-34(44)42-32-20-16-30(17-21-32)40-28-12-8-5-9-13-28)23-36(3,24-35)25-37-33(43)41-31-18-14-29(15-19-31)39-27-10-6-4-7-11-27/h4-21,26H,22-25H2,1-3H3,(H,37,43)(H,38,44). The van der Waals surface area contributed by atoms with Crippen molar-refractivity contribution in [3.8, 4) is 34.5 Å². The van der Waals surface area contributed by atoms with Crippen molar-refractivity contribution in [1.82, 2.24) is 10.6 Å². The summed E-state index contributed by atoms with van der Waals surface area (Å²) in [6, 6.07) is 34.4. The van der Waals surface area contributed by atoms with Gasteiger partial charge in [0, 0.05) is 12.6 Å². The second-order valence-electron chi connectivity index (χ2n) is 12.3. The molecule has 0 amide bonds. The van der Waals surface area contributed by atoms with Crippen LogP contribution in [0, 0.1) is 10.8 Å². The van der Waals surface area contributed by atoms with Gasteiger partial charge in [-0.15, -0.1) is 0 Å². The molecular formula is C36H38N2O4S2. The van der Waals surface area contributed by atoms with E-state index in [1.54, 1.807) is 0 Å². The predicted octanol–water partition coefficient (Wildman–Crippen LogP) is 9.06. The molecule has 0 radical (unpaired) electrons. The van der Waals surface area contributed by atoms with Gasteiger partial charge in [-0.2, -0.15) is 0 Å². The molecule has 0 bridgehead atoms. The van der Waals surface area contributed by atoms with E-state index in [2.05, 4.69) is 31.4 Å². The third-order valence-corrected chi connectivity index (χ3v) is 7.88. The first-order chi connectivity index (χ1) is 21.1. The molecule has 2 atom stereocenters. The van der Waals surface area contributed by atoms with Gasteiger partial charge in [0.1, 0.15) is 34.5 Å². The lowest BCUT2D eigenvalue weighted by atomic mass is 9.62. The minimum Gasteiger partial charge on any atom is -0.457 e. The Kier molecular flexibility index (Phi) is 10.0. The number of hydrogen-bond acceptors (Lipinski definition) is 6. The fraction of sp³-hybridized carbons (Fsp3) is 0.278. The normalized spacial score (nSPS) is 18.8. The maximum Gasteiger partial charge on any atom is 0.262 e. The van der Waals surface area contributed by atoms with E-state index in [4.69, 9.17) is 43.4 Å². The maximum atomic E-state index is 5.96. The molecule has 6 nitrogen and oxygen atoms in total. The van der Waals surface area contributed by atoms with Crippen LogP contribution in [-0.4, -0.2) is 22.9 Å². The molecule has 44 heavy (non-hydrogen) atoms. The van der Waals surface area contributed by atoms with Crippen LogP contribution in [0.4, 0.5) is 0 Å². The lowest BCUT2D eigenvalue weighted by Crippen LogP contribution is -2.51. The maximum absolute atomic E-state index is 5.96. The molecular weight excluding hydrogens is 589 g/mol. The Morgan fingerprint density at radius 1 is 0.614 bits per heavy atom. The van der Waals surface area contributed by atoms with Crippen molar-refractivity contribution in [3.63, 3.8) is 0 Å². The molecule has 2 unspecified atom stereocenters. The third-order valence-electron chi connectivity index (χ3n) is 7.45. The first-order valence-corrected chi connectivity index (χ1v) is 15.5. The molecule has 0 aliphatic heterocycles. The summed E-state index contributed by atoms with van der Waals surface area (Å²) >= 11 is 11.1. The summed E-state index contributed by atoms with van der Waals surface area (Å²) in [5.74, 6) is 4.34. The zero-order valence-corrected chi connectivity index (χ0v) is 26.9. The van der Waals surface area contributed by atoms with E-state index in [0.29, 0.717) is 28.4 Å². The average molecular weight is 627 g/mol. The van der Waals surface area contributed by atoms with Gasteiger partial charge in [-0.3, -0.25) is 0 Å². The van der Waals surface area contributed by atoms with Gasteiger partial charge in [-0.25, -0.2) is 0 Å². The highest BCUT2D eigenvalue weighted by atomic mass is 32.1. The molecule has 2 N–H and O–H groups in total. The minimum atomic E-state index is -0.0355. The molecule has 4 aromatic rings. The summed E-state index contributed by atoms with van der Waals surface area (Å²) in [6.07, 6.45) is 2.93. The van der Waals surface area contributed by atoms with Crippen LogP contribution in [0.15, 0.2) is 109 Å². The highest BCUT2D eigenvalue weighted by Gasteiger charge is 2.41. The van der Waals surface area contributed by atoms with Gasteiger partial charge in [0.05, 0.1) is 0 Å². The Morgan fingerprint density at radius 2 is 1.05 bits per heavy atom. The van der Waals surface area contributed by atoms with Crippen molar-refractivity contribution in [3.05, 3.63) is 109 Å². The smallest absolute Gasteiger partial charge is 0.262 e. The monoisotopic (exact) mass is 626 g/mol. The van der Waals surface area contributed by atoms with Crippen molar-refractivity contribution < 1.29 is 18.9 Å². The lowest BCUT2D eigenvalue weighted by Gasteiger charge is -2.47. The van der Waals surface area contributed by atoms with Gasteiger partial charge >= 0.3 is 0 Å². The highest BCUT2D eigenvalue weighted by molar-refractivity contribution is 7.80. The number of nitrogens with one attached hydrogen (secondary N) is 2. The second-order valence-corrected chi connectivity index (χ2v) is 13.0. The van der Waals surface area contributed by atoms with Gasteiger partial charge in [-0.05, 0) is 127 Å². The van der Waals surface area contributed by atoms with E-state index in [1.807, 2.05) is 109 Å². The lowest BCUT2D eigenvalue weighted by molar-refractivity contribution is 0.0787. The largest absolute Gasteiger partial charge is 0.457 e. The van der Waals surface area contributed by atoms with E-state index in [0.717, 1.165) is 42.3 Å². The third kappa shape index (κ3) is 9.43. The van der Waals surface area contributed by atoms with E-state index < -0.39 is 0 Å². The van der Waals surface area contributed by atoms with Crippen LogP contribution in [0.1, 0.15) is 40.0 Å². The molecule has 0 heterocycles. The molecule has 4 aromatic carbocycles. The summed E-state index contributed by atoms with van der Waals surface area (Å²) in [6.45, 7) is 7.55. The topological polar surface area (TPSA) is 61.0 Å². The van der Waals surface area contributed by atoms with Crippen molar-refractivity contribution >= 4 is 34.8 Å². The molecule has 0 saturated heterocycles. The van der Waals surface area contributed by atoms with Gasteiger partial charge in [0.25, 0.3) is 10.3 Å². The van der Waals surface area contributed by atoms with Crippen LogP contribution in [-0.2, 0) is 0 Å². The molecule has 0 aromatic heterocycles. The molecule has 1 aliphatic carbocycles. The van der Waals surface area contributed by atoms with Crippen LogP contribution >= 0.6 is 24.4 Å². The van der Waals surface area contributed by atoms with Crippen LogP contribution in [0.3, 0.4) is 0 Å². The van der Waals surface area contributed by atoms with Crippen molar-refractivity contribution in [1.29, 1.82) is 0 Å². The van der Waals surface area contributed by atoms with Crippen LogP contribution < -0.4 is 29.6 Å². The Morgan fingerprint density at radius 3 is 1.55 bits per heavy atom. The Labute approximate surface area is 270 Å². The number of para-hydroxylation sites is 2. The van der Waals surface area contributed by atoms with E-state index >= 15 is 0 Å². The zero-order chi connectivity index (χ0) is 31.0. The first kappa shape index (κ1) is 31.3. The van der Waals surface area contributed by atoms with Crippen molar-refractivity contribution in [2.24, 2.45) is 10.8 Å². The Hall–Kier alpha value is -4.14. The highest BCUT2D eigenvalue weighted by Crippen LogP contribution is 2.46. The molecule has 5 rings (SSSR count).